The first-order valence-electron chi connectivity index (χ1n) is 9.11. The van der Waals surface area contributed by atoms with Gasteiger partial charge in [-0.25, -0.2) is 4.98 Å². The van der Waals surface area contributed by atoms with Gasteiger partial charge in [-0.15, -0.1) is 11.3 Å². The van der Waals surface area contributed by atoms with Crippen molar-refractivity contribution in [3.05, 3.63) is 58.0 Å². The number of furan rings is 1. The van der Waals surface area contributed by atoms with Crippen molar-refractivity contribution in [2.75, 3.05) is 13.1 Å². The molecule has 2 aliphatic rings. The van der Waals surface area contributed by atoms with Crippen LogP contribution in [0.5, 0.6) is 0 Å². The Labute approximate surface area is 161 Å². The number of hydrogen-bond acceptors (Lipinski definition) is 5. The zero-order valence-corrected chi connectivity index (χ0v) is 15.8. The molecular weight excluding hydrogens is 362 g/mol. The molecule has 140 valence electrons. The predicted molar refractivity (Wildman–Crippen MR) is 103 cm³/mol. The number of amides is 2. The molecule has 1 aliphatic heterocycles. The Hall–Kier alpha value is -2.67. The highest BCUT2D eigenvalue weighted by Gasteiger charge is 2.24. The van der Waals surface area contributed by atoms with E-state index < -0.39 is 0 Å². The van der Waals surface area contributed by atoms with Gasteiger partial charge in [0, 0.05) is 36.2 Å². The highest BCUT2D eigenvalue weighted by Crippen LogP contribution is 2.29. The molecule has 0 saturated carbocycles. The number of carbonyl (C=O) groups excluding carboxylic acids is 2. The highest BCUT2D eigenvalue weighted by atomic mass is 32.1. The Morgan fingerprint density at radius 3 is 2.93 bits per heavy atom. The largest absolute Gasteiger partial charge is 0.472 e. The van der Waals surface area contributed by atoms with Gasteiger partial charge in [-0.2, -0.15) is 0 Å². The normalized spacial score (nSPS) is 16.4. The third kappa shape index (κ3) is 4.19. The second-order valence-electron chi connectivity index (χ2n) is 6.74. The van der Waals surface area contributed by atoms with E-state index >= 15 is 0 Å². The third-order valence-electron chi connectivity index (χ3n) is 4.77. The Morgan fingerprint density at radius 1 is 1.30 bits per heavy atom. The van der Waals surface area contributed by atoms with E-state index in [1.807, 2.05) is 28.5 Å². The van der Waals surface area contributed by atoms with Crippen LogP contribution in [-0.4, -0.2) is 34.8 Å². The van der Waals surface area contributed by atoms with Crippen molar-refractivity contribution in [1.82, 2.24) is 15.2 Å². The minimum Gasteiger partial charge on any atom is -0.472 e. The first-order chi connectivity index (χ1) is 13.2. The molecular formula is C20H21N3O3S. The standard InChI is InChI=1S/C20H21N3O3S/c24-18(21-11-14-5-8-26-12-14)10-19-22-17(13-27-19)15-3-4-16(9-15)20(25)23-6-1-2-7-23/h3,5,8-9,12-13H,1-2,4,6-7,10-11H2,(H,21,24). The number of thiazole rings is 1. The molecule has 1 saturated heterocycles. The van der Waals surface area contributed by atoms with Gasteiger partial charge in [0.2, 0.25) is 11.8 Å². The summed E-state index contributed by atoms with van der Waals surface area (Å²) in [5.41, 5.74) is 3.57. The average molecular weight is 383 g/mol. The molecule has 2 amide bonds. The SMILES string of the molecule is O=C(Cc1nc(C2=CCC(C(=O)N3CCCC3)=C2)cs1)NCc1ccoc1. The Bertz CT molecular complexity index is 889. The van der Waals surface area contributed by atoms with Gasteiger partial charge in [-0.1, -0.05) is 6.08 Å². The molecule has 1 fully saturated rings. The predicted octanol–water partition coefficient (Wildman–Crippen LogP) is 2.93. The Kier molecular flexibility index (Phi) is 5.20. The van der Waals surface area contributed by atoms with E-state index in [-0.39, 0.29) is 18.2 Å². The number of allylic oxidation sites excluding steroid dienone is 3. The van der Waals surface area contributed by atoms with E-state index in [0.29, 0.717) is 13.0 Å². The summed E-state index contributed by atoms with van der Waals surface area (Å²) >= 11 is 1.47. The summed E-state index contributed by atoms with van der Waals surface area (Å²) in [6, 6.07) is 1.82. The number of carbonyl (C=O) groups is 2. The van der Waals surface area contributed by atoms with E-state index in [2.05, 4.69) is 10.3 Å². The Morgan fingerprint density at radius 2 is 2.15 bits per heavy atom. The zero-order valence-electron chi connectivity index (χ0n) is 14.9. The van der Waals surface area contributed by atoms with Crippen molar-refractivity contribution in [1.29, 1.82) is 0 Å². The van der Waals surface area contributed by atoms with Crippen LogP contribution in [0.15, 0.2) is 46.1 Å². The van der Waals surface area contributed by atoms with E-state index in [1.54, 1.807) is 12.5 Å². The molecule has 1 aliphatic carbocycles. The maximum absolute atomic E-state index is 12.5. The van der Waals surface area contributed by atoms with Crippen molar-refractivity contribution in [2.24, 2.45) is 0 Å². The molecule has 0 unspecified atom stereocenters. The van der Waals surface area contributed by atoms with Crippen molar-refractivity contribution in [2.45, 2.75) is 32.2 Å². The molecule has 6 nitrogen and oxygen atoms in total. The topological polar surface area (TPSA) is 75.4 Å². The maximum atomic E-state index is 12.5. The summed E-state index contributed by atoms with van der Waals surface area (Å²) in [4.78, 5) is 31.1. The maximum Gasteiger partial charge on any atom is 0.250 e. The second kappa shape index (κ2) is 7.92. The van der Waals surface area contributed by atoms with E-state index in [9.17, 15) is 9.59 Å². The Balaban J connectivity index is 1.33. The first-order valence-corrected chi connectivity index (χ1v) is 9.99. The first kappa shape index (κ1) is 17.7. The molecule has 0 radical (unpaired) electrons. The summed E-state index contributed by atoms with van der Waals surface area (Å²) in [6.07, 6.45) is 10.3. The molecule has 4 rings (SSSR count). The van der Waals surface area contributed by atoms with E-state index in [0.717, 1.165) is 53.3 Å². The fraction of sp³-hybridized carbons (Fsp3) is 0.350. The quantitative estimate of drug-likeness (QED) is 0.832. The van der Waals surface area contributed by atoms with Gasteiger partial charge in [0.05, 0.1) is 24.6 Å². The number of rotatable bonds is 6. The van der Waals surface area contributed by atoms with Crippen LogP contribution in [0.2, 0.25) is 0 Å². The third-order valence-corrected chi connectivity index (χ3v) is 5.62. The second-order valence-corrected chi connectivity index (χ2v) is 7.69. The fourth-order valence-corrected chi connectivity index (χ4v) is 4.10. The van der Waals surface area contributed by atoms with Crippen LogP contribution in [0.1, 0.15) is 35.5 Å². The lowest BCUT2D eigenvalue weighted by Crippen LogP contribution is -2.28. The van der Waals surface area contributed by atoms with Gasteiger partial charge < -0.3 is 14.6 Å². The molecule has 2 aromatic rings. The lowest BCUT2D eigenvalue weighted by Gasteiger charge is -2.15. The number of hydrogen-bond donors (Lipinski definition) is 1. The van der Waals surface area contributed by atoms with Crippen molar-refractivity contribution >= 4 is 28.7 Å². The molecule has 2 aromatic heterocycles. The molecule has 0 bridgehead atoms. The lowest BCUT2D eigenvalue weighted by molar-refractivity contribution is -0.126. The number of nitrogens with zero attached hydrogens (tertiary/aromatic N) is 2. The van der Waals surface area contributed by atoms with Crippen molar-refractivity contribution in [3.8, 4) is 0 Å². The van der Waals surface area contributed by atoms with Gasteiger partial charge in [0.15, 0.2) is 0 Å². The summed E-state index contributed by atoms with van der Waals surface area (Å²) in [5, 5.41) is 5.57. The molecule has 27 heavy (non-hydrogen) atoms. The smallest absolute Gasteiger partial charge is 0.250 e. The van der Waals surface area contributed by atoms with Gasteiger partial charge in [0.25, 0.3) is 0 Å². The van der Waals surface area contributed by atoms with Crippen LogP contribution in [0.4, 0.5) is 0 Å². The summed E-state index contributed by atoms with van der Waals surface area (Å²) in [7, 11) is 0. The van der Waals surface area contributed by atoms with Crippen LogP contribution >= 0.6 is 11.3 Å². The van der Waals surface area contributed by atoms with Crippen molar-refractivity contribution < 1.29 is 14.0 Å². The molecule has 0 aromatic carbocycles. The van der Waals surface area contributed by atoms with Crippen LogP contribution in [0, 0.1) is 0 Å². The van der Waals surface area contributed by atoms with Crippen LogP contribution in [0.3, 0.4) is 0 Å². The van der Waals surface area contributed by atoms with Crippen LogP contribution < -0.4 is 5.32 Å². The summed E-state index contributed by atoms with van der Waals surface area (Å²) in [5.74, 6) is 0.0748. The van der Waals surface area contributed by atoms with Crippen LogP contribution in [-0.2, 0) is 22.6 Å². The summed E-state index contributed by atoms with van der Waals surface area (Å²) < 4.78 is 4.98. The monoisotopic (exact) mass is 383 g/mol. The molecule has 0 atom stereocenters. The molecule has 0 spiro atoms. The molecule has 1 N–H and O–H groups in total. The lowest BCUT2D eigenvalue weighted by atomic mass is 10.2. The summed E-state index contributed by atoms with van der Waals surface area (Å²) in [6.45, 7) is 2.17. The van der Waals surface area contributed by atoms with Gasteiger partial charge in [-0.3, -0.25) is 9.59 Å². The molecule has 7 heteroatoms. The minimum atomic E-state index is -0.0713. The van der Waals surface area contributed by atoms with E-state index in [4.69, 9.17) is 4.42 Å². The van der Waals surface area contributed by atoms with E-state index in [1.165, 1.54) is 11.3 Å². The van der Waals surface area contributed by atoms with Crippen molar-refractivity contribution in [3.63, 3.8) is 0 Å². The molecule has 3 heterocycles. The van der Waals surface area contributed by atoms with Gasteiger partial charge in [0.1, 0.15) is 5.01 Å². The fourth-order valence-electron chi connectivity index (χ4n) is 3.29. The van der Waals surface area contributed by atoms with Gasteiger partial charge in [-0.05, 0) is 37.0 Å². The highest BCUT2D eigenvalue weighted by molar-refractivity contribution is 7.09. The number of aromatic nitrogens is 1. The van der Waals surface area contributed by atoms with Gasteiger partial charge >= 0.3 is 0 Å². The zero-order chi connectivity index (χ0) is 18.6. The number of nitrogens with one attached hydrogen (secondary N) is 1. The minimum absolute atomic E-state index is 0.0713. The number of likely N-dealkylation sites (tertiary alicyclic amines) is 1. The van der Waals surface area contributed by atoms with Crippen LogP contribution in [0.25, 0.3) is 5.57 Å². The average Bonchev–Trinajstić information content (AvgIpc) is 3.47.